The Balaban J connectivity index is 1.90. The van der Waals surface area contributed by atoms with Crippen LogP contribution in [0.4, 0.5) is 0 Å². The largest absolute Gasteiger partial charge is 0.396 e. The van der Waals surface area contributed by atoms with Crippen molar-refractivity contribution in [1.29, 1.82) is 0 Å². The molecule has 6 nitrogen and oxygen atoms in total. The summed E-state index contributed by atoms with van der Waals surface area (Å²) in [6, 6.07) is 0.163. The van der Waals surface area contributed by atoms with Crippen LogP contribution in [-0.2, 0) is 24.2 Å². The number of aromatic nitrogens is 3. The zero-order valence-corrected chi connectivity index (χ0v) is 10.9. The van der Waals surface area contributed by atoms with Crippen LogP contribution in [0.25, 0.3) is 0 Å². The van der Waals surface area contributed by atoms with E-state index in [-0.39, 0.29) is 12.6 Å². The normalized spacial score (nSPS) is 16.6. The van der Waals surface area contributed by atoms with Gasteiger partial charge in [-0.2, -0.15) is 0 Å². The summed E-state index contributed by atoms with van der Waals surface area (Å²) in [7, 11) is 1.67. The first-order valence-electron chi connectivity index (χ1n) is 6.59. The van der Waals surface area contributed by atoms with Gasteiger partial charge in [0.2, 0.25) is 0 Å². The fraction of sp³-hybridized carbons (Fsp3) is 0.833. The van der Waals surface area contributed by atoms with Gasteiger partial charge >= 0.3 is 0 Å². The molecule has 1 aromatic rings. The minimum Gasteiger partial charge on any atom is -0.396 e. The minimum atomic E-state index is 0.163. The first-order valence-corrected chi connectivity index (χ1v) is 6.59. The van der Waals surface area contributed by atoms with Crippen molar-refractivity contribution in [2.45, 2.75) is 44.8 Å². The van der Waals surface area contributed by atoms with Crippen molar-refractivity contribution in [3.63, 3.8) is 0 Å². The van der Waals surface area contributed by atoms with Crippen LogP contribution in [0, 0.1) is 0 Å². The van der Waals surface area contributed by atoms with Gasteiger partial charge in [-0.05, 0) is 19.3 Å². The molecule has 1 aliphatic rings. The van der Waals surface area contributed by atoms with Gasteiger partial charge < -0.3 is 19.7 Å². The van der Waals surface area contributed by atoms with Gasteiger partial charge in [0.25, 0.3) is 0 Å². The Bertz CT molecular complexity index is 361. The summed E-state index contributed by atoms with van der Waals surface area (Å²) in [5, 5.41) is 20.8. The molecule has 18 heavy (non-hydrogen) atoms. The predicted molar refractivity (Wildman–Crippen MR) is 67.2 cm³/mol. The van der Waals surface area contributed by atoms with Crippen molar-refractivity contribution >= 4 is 0 Å². The monoisotopic (exact) mass is 254 g/mol. The summed E-state index contributed by atoms with van der Waals surface area (Å²) < 4.78 is 7.33. The number of rotatable bonds is 7. The van der Waals surface area contributed by atoms with Gasteiger partial charge in [0.05, 0.1) is 13.2 Å². The highest BCUT2D eigenvalue weighted by atomic mass is 16.5. The lowest BCUT2D eigenvalue weighted by molar-refractivity contribution is 0.147. The lowest BCUT2D eigenvalue weighted by atomic mass is 10.1. The zero-order chi connectivity index (χ0) is 12.8. The molecule has 1 atom stereocenters. The zero-order valence-electron chi connectivity index (χ0n) is 10.9. The van der Waals surface area contributed by atoms with E-state index in [0.717, 1.165) is 24.6 Å². The summed E-state index contributed by atoms with van der Waals surface area (Å²) in [6.07, 6.45) is 4.14. The molecule has 0 fully saturated rings. The van der Waals surface area contributed by atoms with Gasteiger partial charge in [0.15, 0.2) is 0 Å². The van der Waals surface area contributed by atoms with Crippen molar-refractivity contribution in [3.8, 4) is 0 Å². The maximum atomic E-state index is 8.98. The second kappa shape index (κ2) is 6.82. The first-order chi connectivity index (χ1) is 8.85. The first kappa shape index (κ1) is 13.5. The SMILES string of the molecule is COCC(CCO)NCc1nnc2n1CCCC2. The molecule has 0 spiro atoms. The van der Waals surface area contributed by atoms with Crippen molar-refractivity contribution in [1.82, 2.24) is 20.1 Å². The molecule has 2 rings (SSSR count). The molecule has 0 aliphatic carbocycles. The molecule has 2 N–H and O–H groups in total. The number of aliphatic hydroxyl groups excluding tert-OH is 1. The van der Waals surface area contributed by atoms with Crippen LogP contribution in [0.15, 0.2) is 0 Å². The van der Waals surface area contributed by atoms with E-state index in [2.05, 4.69) is 20.1 Å². The number of hydrogen-bond donors (Lipinski definition) is 2. The lowest BCUT2D eigenvalue weighted by Gasteiger charge is -2.18. The third-order valence-corrected chi connectivity index (χ3v) is 3.33. The second-order valence-electron chi connectivity index (χ2n) is 4.69. The molecule has 2 heterocycles. The van der Waals surface area contributed by atoms with E-state index < -0.39 is 0 Å². The number of hydrogen-bond acceptors (Lipinski definition) is 5. The van der Waals surface area contributed by atoms with E-state index in [4.69, 9.17) is 9.84 Å². The molecule has 0 aromatic carbocycles. The maximum absolute atomic E-state index is 8.98. The molecule has 0 bridgehead atoms. The van der Waals surface area contributed by atoms with Crippen LogP contribution < -0.4 is 5.32 Å². The lowest BCUT2D eigenvalue weighted by Crippen LogP contribution is -2.34. The number of methoxy groups -OCH3 is 1. The average molecular weight is 254 g/mol. The van der Waals surface area contributed by atoms with Crippen molar-refractivity contribution in [2.75, 3.05) is 20.3 Å². The van der Waals surface area contributed by atoms with Crippen LogP contribution in [0.5, 0.6) is 0 Å². The van der Waals surface area contributed by atoms with E-state index in [9.17, 15) is 0 Å². The fourth-order valence-electron chi connectivity index (χ4n) is 2.34. The molecular weight excluding hydrogens is 232 g/mol. The van der Waals surface area contributed by atoms with Crippen LogP contribution in [0.2, 0.25) is 0 Å². The Morgan fingerprint density at radius 2 is 2.33 bits per heavy atom. The van der Waals surface area contributed by atoms with Crippen LogP contribution in [0.3, 0.4) is 0 Å². The van der Waals surface area contributed by atoms with Crippen molar-refractivity contribution in [3.05, 3.63) is 11.6 Å². The topological polar surface area (TPSA) is 72.2 Å². The van der Waals surface area contributed by atoms with Gasteiger partial charge in [-0.25, -0.2) is 0 Å². The molecule has 102 valence electrons. The predicted octanol–water partition coefficient (Wildman–Crippen LogP) is 0.101. The number of fused-ring (bicyclic) bond motifs is 1. The summed E-state index contributed by atoms with van der Waals surface area (Å²) in [5.41, 5.74) is 0. The number of nitrogens with one attached hydrogen (secondary N) is 1. The molecule has 1 aliphatic heterocycles. The molecule has 0 saturated heterocycles. The van der Waals surface area contributed by atoms with Crippen molar-refractivity contribution in [2.24, 2.45) is 0 Å². The highest BCUT2D eigenvalue weighted by Gasteiger charge is 2.16. The smallest absolute Gasteiger partial charge is 0.147 e. The number of nitrogens with zero attached hydrogens (tertiary/aromatic N) is 3. The summed E-state index contributed by atoms with van der Waals surface area (Å²) in [5.74, 6) is 2.09. The van der Waals surface area contributed by atoms with Crippen molar-refractivity contribution < 1.29 is 9.84 Å². The third-order valence-electron chi connectivity index (χ3n) is 3.33. The third kappa shape index (κ3) is 3.28. The Labute approximate surface area is 107 Å². The summed E-state index contributed by atoms with van der Waals surface area (Å²) in [4.78, 5) is 0. The number of ether oxygens (including phenoxy) is 1. The second-order valence-corrected chi connectivity index (χ2v) is 4.69. The van der Waals surface area contributed by atoms with E-state index in [0.29, 0.717) is 19.6 Å². The Morgan fingerprint density at radius 3 is 3.11 bits per heavy atom. The molecule has 0 radical (unpaired) electrons. The Morgan fingerprint density at radius 1 is 1.44 bits per heavy atom. The molecule has 6 heteroatoms. The van der Waals surface area contributed by atoms with E-state index in [1.54, 1.807) is 7.11 Å². The minimum absolute atomic E-state index is 0.163. The van der Waals surface area contributed by atoms with Gasteiger partial charge in [-0.15, -0.1) is 10.2 Å². The number of aliphatic hydroxyl groups is 1. The highest BCUT2D eigenvalue weighted by molar-refractivity contribution is 4.98. The van der Waals surface area contributed by atoms with Gasteiger partial charge in [0.1, 0.15) is 11.6 Å². The fourth-order valence-corrected chi connectivity index (χ4v) is 2.34. The van der Waals surface area contributed by atoms with E-state index >= 15 is 0 Å². The van der Waals surface area contributed by atoms with Crippen LogP contribution >= 0.6 is 0 Å². The summed E-state index contributed by atoms with van der Waals surface area (Å²) >= 11 is 0. The van der Waals surface area contributed by atoms with E-state index in [1.807, 2.05) is 0 Å². The van der Waals surface area contributed by atoms with Crippen LogP contribution in [-0.4, -0.2) is 46.2 Å². The van der Waals surface area contributed by atoms with Crippen LogP contribution in [0.1, 0.15) is 30.9 Å². The standard InChI is InChI=1S/C12H22N4O2/c1-18-9-10(5-7-17)13-8-12-15-14-11-4-2-3-6-16(11)12/h10,13,17H,2-9H2,1H3. The van der Waals surface area contributed by atoms with Gasteiger partial charge in [-0.1, -0.05) is 0 Å². The quantitative estimate of drug-likeness (QED) is 0.722. The average Bonchev–Trinajstić information content (AvgIpc) is 2.80. The molecule has 0 amide bonds. The molecule has 0 saturated carbocycles. The number of aryl methyl sites for hydroxylation is 1. The molecular formula is C12H22N4O2. The van der Waals surface area contributed by atoms with E-state index in [1.165, 1.54) is 12.8 Å². The highest BCUT2D eigenvalue weighted by Crippen LogP contribution is 2.14. The molecule has 1 unspecified atom stereocenters. The summed E-state index contributed by atoms with van der Waals surface area (Å²) in [6.45, 7) is 2.47. The van der Waals surface area contributed by atoms with Gasteiger partial charge in [-0.3, -0.25) is 0 Å². The Hall–Kier alpha value is -0.980. The van der Waals surface area contributed by atoms with Gasteiger partial charge in [0, 0.05) is 32.7 Å². The molecule has 1 aromatic heterocycles. The Kier molecular flexibility index (Phi) is 5.10. The maximum Gasteiger partial charge on any atom is 0.147 e.